The van der Waals surface area contributed by atoms with Gasteiger partial charge in [0.05, 0.1) is 0 Å². The summed E-state index contributed by atoms with van der Waals surface area (Å²) >= 11 is 0. The number of amides is 1. The lowest BCUT2D eigenvalue weighted by Gasteiger charge is -2.30. The molecule has 0 spiro atoms. The molecule has 0 radical (unpaired) electrons. The normalized spacial score (nSPS) is 30.1. The van der Waals surface area contributed by atoms with E-state index in [9.17, 15) is 4.79 Å². The summed E-state index contributed by atoms with van der Waals surface area (Å²) in [4.78, 5) is 12.0. The fourth-order valence-corrected chi connectivity index (χ4v) is 3.62. The average Bonchev–Trinajstić information content (AvgIpc) is 2.40. The Bertz CT molecular complexity index is 258. The Hall–Kier alpha value is -0.530. The van der Waals surface area contributed by atoms with Crippen molar-refractivity contribution < 1.29 is 4.79 Å². The van der Waals surface area contributed by atoms with Crippen LogP contribution in [0.3, 0.4) is 0 Å². The van der Waals surface area contributed by atoms with Crippen LogP contribution in [0.25, 0.3) is 0 Å². The molecule has 2 atom stereocenters. The molecule has 1 N–H and O–H groups in total. The van der Waals surface area contributed by atoms with Gasteiger partial charge in [-0.25, -0.2) is 0 Å². The highest BCUT2D eigenvalue weighted by Gasteiger charge is 2.23. The lowest BCUT2D eigenvalue weighted by Crippen LogP contribution is -2.41. The van der Waals surface area contributed by atoms with E-state index in [2.05, 4.69) is 12.2 Å². The molecule has 2 saturated carbocycles. The summed E-state index contributed by atoms with van der Waals surface area (Å²) in [5, 5.41) is 3.27. The van der Waals surface area contributed by atoms with Crippen LogP contribution in [0, 0.1) is 11.8 Å². The third-order valence-electron chi connectivity index (χ3n) is 4.96. The summed E-state index contributed by atoms with van der Waals surface area (Å²) in [5.41, 5.74) is 0. The van der Waals surface area contributed by atoms with Gasteiger partial charge in [0.15, 0.2) is 0 Å². The molecular weight excluding hydrogens is 222 g/mol. The van der Waals surface area contributed by atoms with Gasteiger partial charge in [0.2, 0.25) is 5.91 Å². The van der Waals surface area contributed by atoms with Crippen LogP contribution in [0.4, 0.5) is 0 Å². The van der Waals surface area contributed by atoms with Gasteiger partial charge < -0.3 is 5.32 Å². The third-order valence-corrected chi connectivity index (χ3v) is 4.96. The van der Waals surface area contributed by atoms with E-state index in [4.69, 9.17) is 0 Å². The Morgan fingerprint density at radius 2 is 1.67 bits per heavy atom. The number of carbonyl (C=O) groups excluding carboxylic acids is 1. The van der Waals surface area contributed by atoms with E-state index in [1.807, 2.05) is 0 Å². The molecule has 2 heteroatoms. The molecule has 0 aromatic carbocycles. The van der Waals surface area contributed by atoms with Crippen LogP contribution in [0.1, 0.15) is 77.6 Å². The smallest absolute Gasteiger partial charge is 0.220 e. The number of nitrogens with one attached hydrogen (secondary N) is 1. The van der Waals surface area contributed by atoms with Crippen LogP contribution in [0.2, 0.25) is 0 Å². The molecule has 0 aliphatic heterocycles. The number of carbonyl (C=O) groups is 1. The summed E-state index contributed by atoms with van der Waals surface area (Å²) in [7, 11) is 0. The molecule has 0 heterocycles. The summed E-state index contributed by atoms with van der Waals surface area (Å²) < 4.78 is 0. The first-order chi connectivity index (χ1) is 8.75. The van der Waals surface area contributed by atoms with Crippen LogP contribution in [0.15, 0.2) is 0 Å². The topological polar surface area (TPSA) is 29.1 Å². The molecule has 2 aliphatic rings. The minimum absolute atomic E-state index is 0.305. The molecule has 1 amide bonds. The van der Waals surface area contributed by atoms with Gasteiger partial charge in [0, 0.05) is 12.5 Å². The molecule has 2 aliphatic carbocycles. The van der Waals surface area contributed by atoms with Crippen LogP contribution in [-0.2, 0) is 4.79 Å². The number of hydrogen-bond donors (Lipinski definition) is 1. The van der Waals surface area contributed by atoms with Gasteiger partial charge in [-0.15, -0.1) is 0 Å². The van der Waals surface area contributed by atoms with Gasteiger partial charge in [-0.3, -0.25) is 4.79 Å². The van der Waals surface area contributed by atoms with E-state index in [0.29, 0.717) is 17.9 Å². The predicted molar refractivity (Wildman–Crippen MR) is 75.4 cm³/mol. The van der Waals surface area contributed by atoms with Crippen molar-refractivity contribution in [3.05, 3.63) is 0 Å². The highest BCUT2D eigenvalue weighted by atomic mass is 16.1. The summed E-state index contributed by atoms with van der Waals surface area (Å²) in [6, 6.07) is 0.456. The van der Waals surface area contributed by atoms with Gasteiger partial charge in [0.25, 0.3) is 0 Å². The zero-order chi connectivity index (χ0) is 12.8. The van der Waals surface area contributed by atoms with Crippen molar-refractivity contribution in [1.82, 2.24) is 5.32 Å². The van der Waals surface area contributed by atoms with Crippen molar-refractivity contribution in [3.8, 4) is 0 Å². The van der Waals surface area contributed by atoms with E-state index in [1.165, 1.54) is 57.8 Å². The molecule has 2 rings (SSSR count). The highest BCUT2D eigenvalue weighted by Crippen LogP contribution is 2.27. The first kappa shape index (κ1) is 13.9. The Morgan fingerprint density at radius 3 is 2.39 bits per heavy atom. The molecule has 2 nitrogen and oxygen atoms in total. The SMILES string of the molecule is CC1CCCCC1NC(=O)CCC1CCCCC1. The molecule has 2 unspecified atom stereocenters. The second kappa shape index (κ2) is 7.16. The van der Waals surface area contributed by atoms with Gasteiger partial charge in [-0.05, 0) is 31.1 Å². The van der Waals surface area contributed by atoms with Crippen LogP contribution >= 0.6 is 0 Å². The van der Waals surface area contributed by atoms with E-state index < -0.39 is 0 Å². The molecule has 0 saturated heterocycles. The van der Waals surface area contributed by atoms with Crippen molar-refractivity contribution in [3.63, 3.8) is 0 Å². The van der Waals surface area contributed by atoms with Crippen molar-refractivity contribution in [2.45, 2.75) is 83.6 Å². The fraction of sp³-hybridized carbons (Fsp3) is 0.938. The zero-order valence-corrected chi connectivity index (χ0v) is 11.9. The molecule has 0 bridgehead atoms. The quantitative estimate of drug-likeness (QED) is 0.802. The molecule has 104 valence electrons. The molecule has 2 fully saturated rings. The average molecular weight is 251 g/mol. The highest BCUT2D eigenvalue weighted by molar-refractivity contribution is 5.76. The molecule has 0 aromatic heterocycles. The first-order valence-corrected chi connectivity index (χ1v) is 8.05. The second-order valence-electron chi connectivity index (χ2n) is 6.48. The van der Waals surface area contributed by atoms with Crippen LogP contribution in [-0.4, -0.2) is 11.9 Å². The minimum Gasteiger partial charge on any atom is -0.353 e. The molecular formula is C16H29NO. The van der Waals surface area contributed by atoms with Crippen molar-refractivity contribution in [2.24, 2.45) is 11.8 Å². The zero-order valence-electron chi connectivity index (χ0n) is 11.9. The van der Waals surface area contributed by atoms with Crippen molar-refractivity contribution >= 4 is 5.91 Å². The maximum Gasteiger partial charge on any atom is 0.220 e. The molecule has 0 aromatic rings. The monoisotopic (exact) mass is 251 g/mol. The maximum absolute atomic E-state index is 12.0. The van der Waals surface area contributed by atoms with Gasteiger partial charge in [-0.2, -0.15) is 0 Å². The van der Waals surface area contributed by atoms with E-state index in [-0.39, 0.29) is 0 Å². The largest absolute Gasteiger partial charge is 0.353 e. The predicted octanol–water partition coefficient (Wildman–Crippen LogP) is 4.04. The van der Waals surface area contributed by atoms with Crippen LogP contribution < -0.4 is 5.32 Å². The standard InChI is InChI=1S/C16H29NO/c1-13-7-5-6-10-15(13)17-16(18)12-11-14-8-3-2-4-9-14/h13-15H,2-12H2,1H3,(H,17,18). The lowest BCUT2D eigenvalue weighted by atomic mass is 9.85. The summed E-state index contributed by atoms with van der Waals surface area (Å²) in [6.07, 6.45) is 13.9. The minimum atomic E-state index is 0.305. The summed E-state index contributed by atoms with van der Waals surface area (Å²) in [5.74, 6) is 1.81. The Labute approximate surface area is 112 Å². The van der Waals surface area contributed by atoms with Gasteiger partial charge in [-0.1, -0.05) is 51.9 Å². The van der Waals surface area contributed by atoms with Crippen molar-refractivity contribution in [2.75, 3.05) is 0 Å². The van der Waals surface area contributed by atoms with E-state index in [0.717, 1.165) is 18.8 Å². The summed E-state index contributed by atoms with van der Waals surface area (Å²) in [6.45, 7) is 2.28. The molecule has 18 heavy (non-hydrogen) atoms. The number of rotatable bonds is 4. The first-order valence-electron chi connectivity index (χ1n) is 8.05. The fourth-order valence-electron chi connectivity index (χ4n) is 3.62. The van der Waals surface area contributed by atoms with Gasteiger partial charge >= 0.3 is 0 Å². The Morgan fingerprint density at radius 1 is 1.00 bits per heavy atom. The van der Waals surface area contributed by atoms with Gasteiger partial charge in [0.1, 0.15) is 0 Å². The Kier molecular flexibility index (Phi) is 5.52. The maximum atomic E-state index is 12.0. The van der Waals surface area contributed by atoms with E-state index >= 15 is 0 Å². The van der Waals surface area contributed by atoms with Crippen molar-refractivity contribution in [1.29, 1.82) is 0 Å². The number of hydrogen-bond acceptors (Lipinski definition) is 1. The van der Waals surface area contributed by atoms with E-state index in [1.54, 1.807) is 0 Å². The lowest BCUT2D eigenvalue weighted by molar-refractivity contribution is -0.122. The second-order valence-corrected chi connectivity index (χ2v) is 6.48. The van der Waals surface area contributed by atoms with Crippen LogP contribution in [0.5, 0.6) is 0 Å². The Balaban J connectivity index is 1.64. The third kappa shape index (κ3) is 4.29.